The lowest BCUT2D eigenvalue weighted by Gasteiger charge is -2.16. The quantitative estimate of drug-likeness (QED) is 0.592. The standard InChI is InChI=1S/C19H21ClN4OS/c20-14(10-21)18-13-9-17(26-16(13)7-4-8-23-18)19(25)24-15(11-22)12-5-2-1-3-6-12/h1-3,5-6,9-10,15,21,23H,4,7-8,11,22H2,(H,24,25)/b18-14+,21-10?/t15-/m1/s1. The highest BCUT2D eigenvalue weighted by Gasteiger charge is 2.22. The molecule has 1 aromatic heterocycles. The maximum absolute atomic E-state index is 12.8. The van der Waals surface area contributed by atoms with Gasteiger partial charge in [0.05, 0.1) is 21.6 Å². The smallest absolute Gasteiger partial charge is 0.261 e. The van der Waals surface area contributed by atoms with Crippen molar-refractivity contribution in [3.63, 3.8) is 0 Å². The Labute approximate surface area is 161 Å². The second kappa shape index (κ2) is 8.49. The van der Waals surface area contributed by atoms with Gasteiger partial charge in [0.2, 0.25) is 0 Å². The van der Waals surface area contributed by atoms with Crippen molar-refractivity contribution < 1.29 is 4.79 Å². The molecule has 0 fully saturated rings. The molecule has 0 unspecified atom stereocenters. The maximum atomic E-state index is 12.8. The summed E-state index contributed by atoms with van der Waals surface area (Å²) in [5, 5.41) is 14.1. The van der Waals surface area contributed by atoms with Crippen LogP contribution in [0.4, 0.5) is 0 Å². The molecule has 0 saturated carbocycles. The van der Waals surface area contributed by atoms with E-state index in [1.54, 1.807) is 0 Å². The summed E-state index contributed by atoms with van der Waals surface area (Å²) in [5.74, 6) is -0.146. The molecule has 136 valence electrons. The molecule has 2 heterocycles. The number of hydrogen-bond donors (Lipinski definition) is 4. The number of thiophene rings is 1. The van der Waals surface area contributed by atoms with Crippen LogP contribution in [0.15, 0.2) is 41.4 Å². The molecule has 0 saturated heterocycles. The van der Waals surface area contributed by atoms with E-state index in [0.29, 0.717) is 16.5 Å². The van der Waals surface area contributed by atoms with Crippen LogP contribution in [-0.4, -0.2) is 25.2 Å². The van der Waals surface area contributed by atoms with Crippen LogP contribution in [0.2, 0.25) is 0 Å². The van der Waals surface area contributed by atoms with E-state index in [1.165, 1.54) is 11.3 Å². The minimum Gasteiger partial charge on any atom is -0.383 e. The van der Waals surface area contributed by atoms with E-state index >= 15 is 0 Å². The van der Waals surface area contributed by atoms with Crippen LogP contribution in [0.3, 0.4) is 0 Å². The first kappa shape index (κ1) is 18.6. The molecule has 1 aromatic carbocycles. The molecule has 26 heavy (non-hydrogen) atoms. The van der Waals surface area contributed by atoms with Crippen molar-refractivity contribution in [2.75, 3.05) is 13.1 Å². The Balaban J connectivity index is 1.86. The maximum Gasteiger partial charge on any atom is 0.261 e. The van der Waals surface area contributed by atoms with Gasteiger partial charge in [0.15, 0.2) is 0 Å². The topological polar surface area (TPSA) is 91.0 Å². The molecule has 2 aromatic rings. The van der Waals surface area contributed by atoms with Crippen molar-refractivity contribution in [2.24, 2.45) is 5.73 Å². The summed E-state index contributed by atoms with van der Waals surface area (Å²) in [4.78, 5) is 14.5. The molecule has 1 aliphatic rings. The van der Waals surface area contributed by atoms with Crippen molar-refractivity contribution in [1.29, 1.82) is 5.41 Å². The zero-order chi connectivity index (χ0) is 18.5. The Kier molecular flexibility index (Phi) is 6.08. The largest absolute Gasteiger partial charge is 0.383 e. The van der Waals surface area contributed by atoms with Gasteiger partial charge in [-0.05, 0) is 24.5 Å². The number of amides is 1. The SMILES string of the molecule is N=C/C(Cl)=C1\NCCCc2sc(C(=O)N[C@H](CN)c3ccccc3)cc21. The average Bonchev–Trinajstić information content (AvgIpc) is 3.00. The molecule has 1 atom stereocenters. The van der Waals surface area contributed by atoms with Gasteiger partial charge in [-0.3, -0.25) is 4.79 Å². The first-order valence-corrected chi connectivity index (χ1v) is 9.66. The number of allylic oxidation sites excluding steroid dienone is 1. The van der Waals surface area contributed by atoms with E-state index in [9.17, 15) is 4.79 Å². The van der Waals surface area contributed by atoms with Crippen LogP contribution in [0.5, 0.6) is 0 Å². The van der Waals surface area contributed by atoms with Gasteiger partial charge >= 0.3 is 0 Å². The predicted octanol–water partition coefficient (Wildman–Crippen LogP) is 3.27. The molecule has 1 aliphatic heterocycles. The van der Waals surface area contributed by atoms with Crippen LogP contribution < -0.4 is 16.4 Å². The molecule has 3 rings (SSSR count). The monoisotopic (exact) mass is 388 g/mol. The van der Waals surface area contributed by atoms with Crippen molar-refractivity contribution in [3.05, 3.63) is 62.3 Å². The van der Waals surface area contributed by atoms with Gasteiger partial charge in [0.1, 0.15) is 0 Å². The number of carbonyl (C=O) groups excluding carboxylic acids is 1. The first-order valence-electron chi connectivity index (χ1n) is 8.47. The van der Waals surface area contributed by atoms with Gasteiger partial charge < -0.3 is 21.8 Å². The molecule has 5 nitrogen and oxygen atoms in total. The van der Waals surface area contributed by atoms with E-state index in [4.69, 9.17) is 22.7 Å². The predicted molar refractivity (Wildman–Crippen MR) is 108 cm³/mol. The number of aryl methyl sites for hydroxylation is 1. The minimum atomic E-state index is -0.232. The number of hydrogen-bond acceptors (Lipinski definition) is 5. The van der Waals surface area contributed by atoms with Gasteiger partial charge in [0, 0.05) is 29.7 Å². The summed E-state index contributed by atoms with van der Waals surface area (Å²) in [6.45, 7) is 1.12. The van der Waals surface area contributed by atoms with E-state index in [1.807, 2.05) is 36.4 Å². The van der Waals surface area contributed by atoms with Gasteiger partial charge in [-0.25, -0.2) is 0 Å². The molecule has 1 amide bonds. The Hall–Kier alpha value is -2.15. The number of benzene rings is 1. The fourth-order valence-corrected chi connectivity index (χ4v) is 4.25. The van der Waals surface area contributed by atoms with Crippen LogP contribution in [0, 0.1) is 5.41 Å². The van der Waals surface area contributed by atoms with Crippen molar-refractivity contribution in [2.45, 2.75) is 18.9 Å². The van der Waals surface area contributed by atoms with E-state index in [0.717, 1.165) is 47.3 Å². The number of rotatable bonds is 5. The lowest BCUT2D eigenvalue weighted by molar-refractivity contribution is 0.0942. The molecular weight excluding hydrogens is 368 g/mol. The summed E-state index contributed by atoms with van der Waals surface area (Å²) in [7, 11) is 0. The molecular formula is C19H21ClN4OS. The third kappa shape index (κ3) is 3.98. The zero-order valence-corrected chi connectivity index (χ0v) is 15.8. The lowest BCUT2D eigenvalue weighted by atomic mass is 10.1. The fraction of sp³-hybridized carbons (Fsp3) is 0.263. The van der Waals surface area contributed by atoms with Gasteiger partial charge in [-0.1, -0.05) is 41.9 Å². The lowest BCUT2D eigenvalue weighted by Crippen LogP contribution is -2.32. The highest BCUT2D eigenvalue weighted by Crippen LogP contribution is 2.32. The second-order valence-electron chi connectivity index (χ2n) is 6.02. The molecule has 7 heteroatoms. The summed E-state index contributed by atoms with van der Waals surface area (Å²) < 4.78 is 0. The number of nitrogens with one attached hydrogen (secondary N) is 3. The molecule has 5 N–H and O–H groups in total. The van der Waals surface area contributed by atoms with Crippen LogP contribution in [0.25, 0.3) is 5.70 Å². The van der Waals surface area contributed by atoms with Crippen LogP contribution in [0.1, 0.15) is 38.1 Å². The number of halogens is 1. The molecule has 0 bridgehead atoms. The Morgan fingerprint density at radius 2 is 2.19 bits per heavy atom. The van der Waals surface area contributed by atoms with Gasteiger partial charge in [-0.2, -0.15) is 0 Å². The van der Waals surface area contributed by atoms with Crippen molar-refractivity contribution in [1.82, 2.24) is 10.6 Å². The van der Waals surface area contributed by atoms with E-state index < -0.39 is 0 Å². The van der Waals surface area contributed by atoms with Gasteiger partial charge in [-0.15, -0.1) is 11.3 Å². The Bertz CT molecular complexity index is 831. The normalized spacial score (nSPS) is 16.7. The van der Waals surface area contributed by atoms with Gasteiger partial charge in [0.25, 0.3) is 5.91 Å². The highest BCUT2D eigenvalue weighted by atomic mass is 35.5. The first-order chi connectivity index (χ1) is 12.6. The van der Waals surface area contributed by atoms with Crippen molar-refractivity contribution in [3.8, 4) is 0 Å². The minimum absolute atomic E-state index is 0.146. The Morgan fingerprint density at radius 3 is 2.88 bits per heavy atom. The highest BCUT2D eigenvalue weighted by molar-refractivity contribution is 7.14. The summed E-state index contributed by atoms with van der Waals surface area (Å²) in [5.41, 5.74) is 8.48. The Morgan fingerprint density at radius 1 is 1.42 bits per heavy atom. The molecule has 0 spiro atoms. The number of carbonyl (C=O) groups is 1. The van der Waals surface area contributed by atoms with E-state index in [-0.39, 0.29) is 11.9 Å². The summed E-state index contributed by atoms with van der Waals surface area (Å²) in [6, 6.07) is 11.3. The van der Waals surface area contributed by atoms with Crippen LogP contribution in [-0.2, 0) is 6.42 Å². The third-order valence-electron chi connectivity index (χ3n) is 4.29. The van der Waals surface area contributed by atoms with E-state index in [2.05, 4.69) is 10.6 Å². The fourth-order valence-electron chi connectivity index (χ4n) is 2.97. The number of fused-ring (bicyclic) bond motifs is 1. The average molecular weight is 389 g/mol. The number of nitrogens with two attached hydrogens (primary N) is 1. The summed E-state index contributed by atoms with van der Waals surface area (Å²) in [6.07, 6.45) is 2.96. The molecule has 0 aliphatic carbocycles. The summed E-state index contributed by atoms with van der Waals surface area (Å²) >= 11 is 7.66. The van der Waals surface area contributed by atoms with Crippen molar-refractivity contribution >= 4 is 40.8 Å². The third-order valence-corrected chi connectivity index (χ3v) is 5.78. The zero-order valence-electron chi connectivity index (χ0n) is 14.2. The van der Waals surface area contributed by atoms with Crippen LogP contribution >= 0.6 is 22.9 Å². The molecule has 0 radical (unpaired) electrons. The second-order valence-corrected chi connectivity index (χ2v) is 7.56.